The molecule has 1 saturated heterocycles. The SMILES string of the molecule is CC(C)N1CCOc2c(F)cc(-c3nc(Cc4ccc(N5CC6(CC(N)C6)C5)cn4)ncc3F)cc21. The summed E-state index contributed by atoms with van der Waals surface area (Å²) in [6.45, 7) is 7.17. The molecule has 6 rings (SSSR count). The first kappa shape index (κ1) is 23.1. The van der Waals surface area contributed by atoms with Crippen LogP contribution in [0.3, 0.4) is 0 Å². The molecule has 3 aliphatic rings. The van der Waals surface area contributed by atoms with Crippen molar-refractivity contribution in [3.8, 4) is 17.0 Å². The Morgan fingerprint density at radius 3 is 2.61 bits per heavy atom. The largest absolute Gasteiger partial charge is 0.486 e. The van der Waals surface area contributed by atoms with Gasteiger partial charge in [-0.3, -0.25) is 4.98 Å². The lowest BCUT2D eigenvalue weighted by Gasteiger charge is -2.59. The van der Waals surface area contributed by atoms with Gasteiger partial charge < -0.3 is 20.3 Å². The van der Waals surface area contributed by atoms with E-state index in [1.165, 1.54) is 6.07 Å². The lowest BCUT2D eigenvalue weighted by Crippen LogP contribution is -2.65. The molecule has 0 atom stereocenters. The van der Waals surface area contributed by atoms with Crippen LogP contribution in [0, 0.1) is 17.0 Å². The standard InChI is InChI=1S/C27H30F2N6O/c1-16(2)35-5-6-36-26-21(28)7-17(8-23(26)35)25-22(29)13-32-24(33-25)9-19-3-4-20(12-31-19)34-14-27(15-34)10-18(30)11-27/h3-4,7-8,12-13,16,18H,5-6,9-11,14-15,30H2,1-2H3. The van der Waals surface area contributed by atoms with Gasteiger partial charge in [-0.1, -0.05) is 0 Å². The predicted molar refractivity (Wildman–Crippen MR) is 134 cm³/mol. The van der Waals surface area contributed by atoms with Crippen molar-refractivity contribution < 1.29 is 13.5 Å². The third-order valence-corrected chi connectivity index (χ3v) is 7.56. The second-order valence-corrected chi connectivity index (χ2v) is 10.6. The summed E-state index contributed by atoms with van der Waals surface area (Å²) in [6.07, 6.45) is 5.57. The highest BCUT2D eigenvalue weighted by atomic mass is 19.1. The lowest BCUT2D eigenvalue weighted by molar-refractivity contribution is 0.0665. The molecule has 1 aliphatic carbocycles. The molecule has 4 heterocycles. The average Bonchev–Trinajstić information content (AvgIpc) is 2.82. The van der Waals surface area contributed by atoms with Gasteiger partial charge in [-0.25, -0.2) is 18.7 Å². The van der Waals surface area contributed by atoms with Crippen LogP contribution in [0.2, 0.25) is 0 Å². The smallest absolute Gasteiger partial charge is 0.178 e. The van der Waals surface area contributed by atoms with E-state index < -0.39 is 11.6 Å². The summed E-state index contributed by atoms with van der Waals surface area (Å²) >= 11 is 0. The maximum Gasteiger partial charge on any atom is 0.178 e. The number of nitrogens with zero attached hydrogens (tertiary/aromatic N) is 5. The van der Waals surface area contributed by atoms with Gasteiger partial charge in [-0.05, 0) is 51.0 Å². The fraction of sp³-hybridized carbons (Fsp3) is 0.444. The van der Waals surface area contributed by atoms with Crippen molar-refractivity contribution in [3.63, 3.8) is 0 Å². The Morgan fingerprint density at radius 1 is 1.11 bits per heavy atom. The third-order valence-electron chi connectivity index (χ3n) is 7.56. The number of anilines is 2. The molecular formula is C27H30F2N6O. The highest BCUT2D eigenvalue weighted by Gasteiger charge is 2.51. The number of ether oxygens (including phenoxy) is 1. The number of aromatic nitrogens is 3. The number of fused-ring (bicyclic) bond motifs is 1. The number of hydrogen-bond donors (Lipinski definition) is 1. The summed E-state index contributed by atoms with van der Waals surface area (Å²) in [5, 5.41) is 0. The Hall–Kier alpha value is -3.33. The topological polar surface area (TPSA) is 80.4 Å². The van der Waals surface area contributed by atoms with Crippen LogP contribution in [0.4, 0.5) is 20.2 Å². The first-order chi connectivity index (χ1) is 17.3. The predicted octanol–water partition coefficient (Wildman–Crippen LogP) is 3.94. The van der Waals surface area contributed by atoms with Crippen LogP contribution in [-0.4, -0.2) is 53.3 Å². The van der Waals surface area contributed by atoms with Gasteiger partial charge in [0.1, 0.15) is 18.1 Å². The molecule has 9 heteroatoms. The van der Waals surface area contributed by atoms with Gasteiger partial charge in [0, 0.05) is 41.8 Å². The van der Waals surface area contributed by atoms with Crippen molar-refractivity contribution in [3.05, 3.63) is 59.8 Å². The van der Waals surface area contributed by atoms with E-state index in [9.17, 15) is 8.78 Å². The minimum Gasteiger partial charge on any atom is -0.486 e. The van der Waals surface area contributed by atoms with E-state index in [-0.39, 0.29) is 17.5 Å². The molecule has 2 N–H and O–H groups in total. The van der Waals surface area contributed by atoms with Crippen LogP contribution in [0.1, 0.15) is 38.2 Å². The van der Waals surface area contributed by atoms with Crippen molar-refractivity contribution >= 4 is 11.4 Å². The van der Waals surface area contributed by atoms with E-state index in [0.29, 0.717) is 48.1 Å². The summed E-state index contributed by atoms with van der Waals surface area (Å²) in [5.74, 6) is -0.503. The number of halogens is 2. The number of benzene rings is 1. The second-order valence-electron chi connectivity index (χ2n) is 10.6. The van der Waals surface area contributed by atoms with Crippen LogP contribution in [0.25, 0.3) is 11.3 Å². The van der Waals surface area contributed by atoms with Gasteiger partial charge in [0.15, 0.2) is 17.4 Å². The molecule has 1 spiro atoms. The second kappa shape index (κ2) is 8.65. The molecule has 1 aromatic carbocycles. The van der Waals surface area contributed by atoms with Gasteiger partial charge in [-0.15, -0.1) is 0 Å². The molecular weight excluding hydrogens is 462 g/mol. The summed E-state index contributed by atoms with van der Waals surface area (Å²) in [7, 11) is 0. The lowest BCUT2D eigenvalue weighted by atomic mass is 9.61. The third kappa shape index (κ3) is 4.05. The van der Waals surface area contributed by atoms with Gasteiger partial charge in [0.05, 0.1) is 36.7 Å². The molecule has 1 saturated carbocycles. The van der Waals surface area contributed by atoms with E-state index in [1.54, 1.807) is 6.07 Å². The van der Waals surface area contributed by atoms with Crippen LogP contribution in [0.5, 0.6) is 5.75 Å². The highest BCUT2D eigenvalue weighted by Crippen LogP contribution is 2.48. The summed E-state index contributed by atoms with van der Waals surface area (Å²) < 4.78 is 35.3. The minimum atomic E-state index is -0.600. The fourth-order valence-corrected chi connectivity index (χ4v) is 5.79. The zero-order chi connectivity index (χ0) is 25.0. The van der Waals surface area contributed by atoms with Gasteiger partial charge in [-0.2, -0.15) is 0 Å². The Labute approximate surface area is 209 Å². The molecule has 2 aromatic heterocycles. The van der Waals surface area contributed by atoms with Crippen LogP contribution >= 0.6 is 0 Å². The first-order valence-electron chi connectivity index (χ1n) is 12.5. The Balaban J connectivity index is 1.21. The Bertz CT molecular complexity index is 1280. The molecule has 0 bridgehead atoms. The molecule has 0 radical (unpaired) electrons. The zero-order valence-corrected chi connectivity index (χ0v) is 20.5. The van der Waals surface area contributed by atoms with Gasteiger partial charge in [0.25, 0.3) is 0 Å². The number of pyridine rings is 1. The summed E-state index contributed by atoms with van der Waals surface area (Å²) in [5.41, 5.74) is 9.28. The zero-order valence-electron chi connectivity index (χ0n) is 20.5. The first-order valence-corrected chi connectivity index (χ1v) is 12.5. The maximum absolute atomic E-state index is 14.9. The monoisotopic (exact) mass is 492 g/mol. The van der Waals surface area contributed by atoms with Crippen LogP contribution in [-0.2, 0) is 6.42 Å². The van der Waals surface area contributed by atoms with Crippen molar-refractivity contribution in [1.29, 1.82) is 0 Å². The number of hydrogen-bond acceptors (Lipinski definition) is 7. The van der Waals surface area contributed by atoms with E-state index in [4.69, 9.17) is 10.5 Å². The molecule has 2 fully saturated rings. The van der Waals surface area contributed by atoms with Crippen molar-refractivity contribution in [2.75, 3.05) is 36.0 Å². The van der Waals surface area contributed by atoms with Crippen molar-refractivity contribution in [2.24, 2.45) is 11.1 Å². The number of nitrogens with two attached hydrogens (primary N) is 1. The average molecular weight is 493 g/mol. The van der Waals surface area contributed by atoms with E-state index in [2.05, 4.69) is 30.8 Å². The Kier molecular flexibility index (Phi) is 5.55. The van der Waals surface area contributed by atoms with Crippen LogP contribution < -0.4 is 20.3 Å². The summed E-state index contributed by atoms with van der Waals surface area (Å²) in [4.78, 5) is 17.6. The summed E-state index contributed by atoms with van der Waals surface area (Å²) in [6, 6.07) is 7.53. The maximum atomic E-state index is 14.9. The van der Waals surface area contributed by atoms with Crippen molar-refractivity contribution in [2.45, 2.75) is 45.2 Å². The molecule has 7 nitrogen and oxygen atoms in total. The Morgan fingerprint density at radius 2 is 1.92 bits per heavy atom. The minimum absolute atomic E-state index is 0.0668. The molecule has 2 aliphatic heterocycles. The molecule has 0 amide bonds. The quantitative estimate of drug-likeness (QED) is 0.578. The van der Waals surface area contributed by atoms with Crippen LogP contribution in [0.15, 0.2) is 36.7 Å². The number of rotatable bonds is 5. The van der Waals surface area contributed by atoms with E-state index in [0.717, 1.165) is 43.5 Å². The molecule has 0 unspecified atom stereocenters. The molecule has 188 valence electrons. The fourth-order valence-electron chi connectivity index (χ4n) is 5.79. The van der Waals surface area contributed by atoms with E-state index in [1.807, 2.05) is 26.1 Å². The molecule has 3 aromatic rings. The molecule has 36 heavy (non-hydrogen) atoms. The van der Waals surface area contributed by atoms with Gasteiger partial charge in [0.2, 0.25) is 0 Å². The van der Waals surface area contributed by atoms with Crippen molar-refractivity contribution in [1.82, 2.24) is 15.0 Å². The highest BCUT2D eigenvalue weighted by molar-refractivity contribution is 5.72. The van der Waals surface area contributed by atoms with E-state index >= 15 is 0 Å². The van der Waals surface area contributed by atoms with Gasteiger partial charge >= 0.3 is 0 Å². The normalized spacial score (nSPS) is 18.6.